The van der Waals surface area contributed by atoms with Gasteiger partial charge in [-0.1, -0.05) is 42.8 Å². The van der Waals surface area contributed by atoms with Crippen molar-refractivity contribution in [3.05, 3.63) is 70.9 Å². The third-order valence-corrected chi connectivity index (χ3v) is 2.85. The van der Waals surface area contributed by atoms with E-state index in [9.17, 15) is 0 Å². The highest BCUT2D eigenvalue weighted by molar-refractivity contribution is 6.31. The van der Waals surface area contributed by atoms with E-state index in [4.69, 9.17) is 11.6 Å². The molecular weight excluding hydrogens is 218 g/mol. The molecule has 1 nitrogen and oxygen atoms in total. The van der Waals surface area contributed by atoms with Crippen LogP contribution in [0.1, 0.15) is 23.6 Å². The standard InChI is InChI=1S/C14H13ClN/c1-2-11-3-5-12(6-4-11)9-13-10-16-8-7-14(13)15/h3-10H,2H2,1H3. The first kappa shape index (κ1) is 11.2. The van der Waals surface area contributed by atoms with Gasteiger partial charge in [-0.25, -0.2) is 0 Å². The smallest absolute Gasteiger partial charge is 0.0475 e. The van der Waals surface area contributed by atoms with Crippen LogP contribution in [-0.2, 0) is 6.42 Å². The maximum Gasteiger partial charge on any atom is 0.0475 e. The largest absolute Gasteiger partial charge is 0.264 e. The van der Waals surface area contributed by atoms with E-state index in [-0.39, 0.29) is 0 Å². The normalized spacial score (nSPS) is 10.4. The minimum atomic E-state index is 0.731. The zero-order valence-electron chi connectivity index (χ0n) is 9.15. The predicted molar refractivity (Wildman–Crippen MR) is 67.6 cm³/mol. The van der Waals surface area contributed by atoms with Crippen molar-refractivity contribution in [2.75, 3.05) is 0 Å². The van der Waals surface area contributed by atoms with Crippen LogP contribution in [-0.4, -0.2) is 4.98 Å². The second-order valence-electron chi connectivity index (χ2n) is 3.64. The summed E-state index contributed by atoms with van der Waals surface area (Å²) in [6, 6.07) is 10.3. The summed E-state index contributed by atoms with van der Waals surface area (Å²) in [7, 11) is 0. The second kappa shape index (κ2) is 5.13. The fourth-order valence-corrected chi connectivity index (χ4v) is 1.68. The molecule has 2 rings (SSSR count). The minimum absolute atomic E-state index is 0.731. The van der Waals surface area contributed by atoms with E-state index in [0.29, 0.717) is 0 Å². The molecule has 0 atom stereocenters. The molecule has 1 heterocycles. The van der Waals surface area contributed by atoms with Gasteiger partial charge in [-0.05, 0) is 29.2 Å². The molecule has 0 spiro atoms. The summed E-state index contributed by atoms with van der Waals surface area (Å²) in [6.45, 7) is 2.15. The molecular formula is C14H13ClN. The Hall–Kier alpha value is -1.34. The van der Waals surface area contributed by atoms with Crippen molar-refractivity contribution in [3.8, 4) is 0 Å². The molecule has 0 fully saturated rings. The van der Waals surface area contributed by atoms with Crippen LogP contribution in [0.15, 0.2) is 42.7 Å². The van der Waals surface area contributed by atoms with Gasteiger partial charge < -0.3 is 0 Å². The number of nitrogens with zero attached hydrogens (tertiary/aromatic N) is 1. The molecule has 0 bridgehead atoms. The number of hydrogen-bond donors (Lipinski definition) is 0. The van der Waals surface area contributed by atoms with Gasteiger partial charge in [0, 0.05) is 23.8 Å². The van der Waals surface area contributed by atoms with Gasteiger partial charge in [-0.3, -0.25) is 4.98 Å². The number of benzene rings is 1. The summed E-state index contributed by atoms with van der Waals surface area (Å²) in [5.74, 6) is 0. The van der Waals surface area contributed by atoms with Crippen LogP contribution in [0, 0.1) is 6.42 Å². The molecule has 1 radical (unpaired) electrons. The van der Waals surface area contributed by atoms with Gasteiger partial charge in [0.1, 0.15) is 0 Å². The van der Waals surface area contributed by atoms with Crippen LogP contribution in [0.25, 0.3) is 0 Å². The number of aromatic nitrogens is 1. The summed E-state index contributed by atoms with van der Waals surface area (Å²) < 4.78 is 0. The van der Waals surface area contributed by atoms with Crippen LogP contribution < -0.4 is 0 Å². The second-order valence-corrected chi connectivity index (χ2v) is 4.04. The SMILES string of the molecule is CCc1ccc([CH]c2cnccc2Cl)cc1. The average molecular weight is 231 g/mol. The summed E-state index contributed by atoms with van der Waals surface area (Å²) in [5.41, 5.74) is 3.44. The molecule has 81 valence electrons. The quantitative estimate of drug-likeness (QED) is 0.780. The Bertz CT molecular complexity index is 462. The van der Waals surface area contributed by atoms with Gasteiger partial charge in [0.05, 0.1) is 0 Å². The van der Waals surface area contributed by atoms with Gasteiger partial charge in [-0.2, -0.15) is 0 Å². The Labute approximate surface area is 101 Å². The molecule has 0 saturated heterocycles. The Morgan fingerprint density at radius 3 is 2.56 bits per heavy atom. The van der Waals surface area contributed by atoms with Crippen molar-refractivity contribution >= 4 is 11.6 Å². The van der Waals surface area contributed by atoms with Crippen molar-refractivity contribution in [3.63, 3.8) is 0 Å². The van der Waals surface area contributed by atoms with Crippen molar-refractivity contribution in [2.24, 2.45) is 0 Å². The molecule has 0 aliphatic rings. The van der Waals surface area contributed by atoms with Gasteiger partial charge in [0.2, 0.25) is 0 Å². The number of rotatable bonds is 3. The van der Waals surface area contributed by atoms with E-state index in [1.807, 2.05) is 6.42 Å². The summed E-state index contributed by atoms with van der Waals surface area (Å²) in [6.07, 6.45) is 6.57. The Kier molecular flexibility index (Phi) is 3.58. The lowest BCUT2D eigenvalue weighted by Gasteiger charge is -2.04. The van der Waals surface area contributed by atoms with Crippen molar-refractivity contribution < 1.29 is 0 Å². The highest BCUT2D eigenvalue weighted by atomic mass is 35.5. The predicted octanol–water partition coefficient (Wildman–Crippen LogP) is 3.90. The maximum atomic E-state index is 6.06. The van der Waals surface area contributed by atoms with E-state index in [0.717, 1.165) is 22.6 Å². The molecule has 0 N–H and O–H groups in total. The molecule has 2 heteroatoms. The molecule has 0 saturated carbocycles. The van der Waals surface area contributed by atoms with Gasteiger partial charge in [0.25, 0.3) is 0 Å². The molecule has 0 aliphatic heterocycles. The number of halogens is 1. The van der Waals surface area contributed by atoms with Crippen molar-refractivity contribution in [1.29, 1.82) is 0 Å². The van der Waals surface area contributed by atoms with Gasteiger partial charge >= 0.3 is 0 Å². The van der Waals surface area contributed by atoms with E-state index >= 15 is 0 Å². The van der Waals surface area contributed by atoms with Crippen LogP contribution in [0.3, 0.4) is 0 Å². The van der Waals surface area contributed by atoms with Crippen molar-refractivity contribution in [1.82, 2.24) is 4.98 Å². The van der Waals surface area contributed by atoms with Crippen LogP contribution in [0.5, 0.6) is 0 Å². The van der Waals surface area contributed by atoms with E-state index < -0.39 is 0 Å². The lowest BCUT2D eigenvalue weighted by Crippen LogP contribution is -1.88. The molecule has 1 aromatic heterocycles. The van der Waals surface area contributed by atoms with Gasteiger partial charge in [-0.15, -0.1) is 0 Å². The zero-order valence-corrected chi connectivity index (χ0v) is 9.91. The maximum absolute atomic E-state index is 6.06. The van der Waals surface area contributed by atoms with Crippen molar-refractivity contribution in [2.45, 2.75) is 13.3 Å². The fraction of sp³-hybridized carbons (Fsp3) is 0.143. The molecule has 0 amide bonds. The average Bonchev–Trinajstić information content (AvgIpc) is 2.33. The third kappa shape index (κ3) is 2.61. The summed E-state index contributed by atoms with van der Waals surface area (Å²) in [5, 5.41) is 0.731. The van der Waals surface area contributed by atoms with Crippen LogP contribution in [0.2, 0.25) is 5.02 Å². The Balaban J connectivity index is 2.18. The number of aryl methyl sites for hydroxylation is 1. The molecule has 1 aromatic carbocycles. The lowest BCUT2D eigenvalue weighted by molar-refractivity contribution is 1.14. The zero-order chi connectivity index (χ0) is 11.4. The van der Waals surface area contributed by atoms with Gasteiger partial charge in [0.15, 0.2) is 0 Å². The fourth-order valence-electron chi connectivity index (χ4n) is 1.53. The minimum Gasteiger partial charge on any atom is -0.264 e. The summed E-state index contributed by atoms with van der Waals surface area (Å²) in [4.78, 5) is 4.06. The third-order valence-electron chi connectivity index (χ3n) is 2.51. The van der Waals surface area contributed by atoms with E-state index in [1.54, 1.807) is 18.5 Å². The first-order valence-electron chi connectivity index (χ1n) is 5.33. The van der Waals surface area contributed by atoms with Crippen LogP contribution in [0.4, 0.5) is 0 Å². The summed E-state index contributed by atoms with van der Waals surface area (Å²) >= 11 is 6.06. The highest BCUT2D eigenvalue weighted by Gasteiger charge is 2.01. The number of pyridine rings is 1. The van der Waals surface area contributed by atoms with Crippen LogP contribution >= 0.6 is 11.6 Å². The first-order chi connectivity index (χ1) is 7.79. The number of hydrogen-bond acceptors (Lipinski definition) is 1. The highest BCUT2D eigenvalue weighted by Crippen LogP contribution is 2.19. The lowest BCUT2D eigenvalue weighted by atomic mass is 10.0. The Morgan fingerprint density at radius 2 is 1.94 bits per heavy atom. The van der Waals surface area contributed by atoms with E-state index in [1.165, 1.54) is 5.56 Å². The Morgan fingerprint density at radius 1 is 1.19 bits per heavy atom. The monoisotopic (exact) mass is 230 g/mol. The topological polar surface area (TPSA) is 12.9 Å². The molecule has 0 aliphatic carbocycles. The molecule has 0 unspecified atom stereocenters. The molecule has 16 heavy (non-hydrogen) atoms. The first-order valence-corrected chi connectivity index (χ1v) is 5.70. The molecule has 2 aromatic rings. The van der Waals surface area contributed by atoms with E-state index in [2.05, 4.69) is 36.2 Å².